The number of carbonyl (C=O) groups excluding carboxylic acids is 2. The van der Waals surface area contributed by atoms with Crippen LogP contribution in [0.2, 0.25) is 0 Å². The number of hydrogen-bond donors (Lipinski definition) is 0. The van der Waals surface area contributed by atoms with E-state index >= 15 is 0 Å². The Morgan fingerprint density at radius 3 is 2.76 bits per heavy atom. The van der Waals surface area contributed by atoms with Gasteiger partial charge in [0.1, 0.15) is 6.04 Å². The molecule has 96 valence electrons. The fourth-order valence-corrected chi connectivity index (χ4v) is 2.81. The highest BCUT2D eigenvalue weighted by molar-refractivity contribution is 7.99. The van der Waals surface area contributed by atoms with Crippen LogP contribution < -0.4 is 0 Å². The van der Waals surface area contributed by atoms with Crippen molar-refractivity contribution in [3.05, 3.63) is 0 Å². The molecule has 17 heavy (non-hydrogen) atoms. The number of amides is 2. The Kier molecular flexibility index (Phi) is 3.39. The van der Waals surface area contributed by atoms with E-state index in [0.29, 0.717) is 6.54 Å². The molecule has 0 aromatic carbocycles. The first-order valence-corrected chi connectivity index (χ1v) is 7.30. The van der Waals surface area contributed by atoms with Gasteiger partial charge in [0.15, 0.2) is 0 Å². The predicted molar refractivity (Wildman–Crippen MR) is 68.9 cm³/mol. The molecule has 0 saturated carbocycles. The third kappa shape index (κ3) is 2.44. The van der Waals surface area contributed by atoms with Crippen molar-refractivity contribution in [3.63, 3.8) is 0 Å². The van der Waals surface area contributed by atoms with Gasteiger partial charge in [0.2, 0.25) is 11.8 Å². The lowest BCUT2D eigenvalue weighted by atomic mass is 10.1. The largest absolute Gasteiger partial charge is 0.330 e. The van der Waals surface area contributed by atoms with Gasteiger partial charge in [-0.3, -0.25) is 9.59 Å². The van der Waals surface area contributed by atoms with E-state index in [0.717, 1.165) is 19.4 Å². The van der Waals surface area contributed by atoms with Crippen LogP contribution in [0.25, 0.3) is 0 Å². The van der Waals surface area contributed by atoms with Crippen LogP contribution in [0.3, 0.4) is 0 Å². The van der Waals surface area contributed by atoms with Gasteiger partial charge in [0, 0.05) is 17.8 Å². The summed E-state index contributed by atoms with van der Waals surface area (Å²) >= 11 is 1.73. The summed E-state index contributed by atoms with van der Waals surface area (Å²) in [5.41, 5.74) is 0. The van der Waals surface area contributed by atoms with Crippen LogP contribution in [0.4, 0.5) is 0 Å². The average Bonchev–Trinajstić information content (AvgIpc) is 2.75. The first-order chi connectivity index (χ1) is 7.94. The molecule has 1 unspecified atom stereocenters. The minimum Gasteiger partial charge on any atom is -0.330 e. The molecule has 0 aliphatic carbocycles. The maximum absolute atomic E-state index is 12.3. The van der Waals surface area contributed by atoms with Crippen molar-refractivity contribution in [1.29, 1.82) is 0 Å². The van der Waals surface area contributed by atoms with Crippen molar-refractivity contribution >= 4 is 23.6 Å². The van der Waals surface area contributed by atoms with Gasteiger partial charge in [-0.05, 0) is 32.9 Å². The van der Waals surface area contributed by atoms with Crippen LogP contribution in [0, 0.1) is 0 Å². The summed E-state index contributed by atoms with van der Waals surface area (Å²) < 4.78 is 0.0106. The fourth-order valence-electron chi connectivity index (χ4n) is 2.52. The normalized spacial score (nSPS) is 25.5. The Morgan fingerprint density at radius 1 is 1.41 bits per heavy atom. The lowest BCUT2D eigenvalue weighted by Gasteiger charge is -2.39. The summed E-state index contributed by atoms with van der Waals surface area (Å²) in [6.07, 6.45) is 3.83. The van der Waals surface area contributed by atoms with E-state index in [4.69, 9.17) is 0 Å². The van der Waals surface area contributed by atoms with E-state index in [1.165, 1.54) is 0 Å². The summed E-state index contributed by atoms with van der Waals surface area (Å²) in [6.45, 7) is 5.89. The maximum Gasteiger partial charge on any atom is 0.245 e. The molecule has 2 saturated heterocycles. The summed E-state index contributed by atoms with van der Waals surface area (Å²) in [4.78, 5) is 27.7. The fraction of sp³-hybridized carbons (Fsp3) is 0.833. The zero-order valence-corrected chi connectivity index (χ0v) is 11.5. The van der Waals surface area contributed by atoms with Crippen molar-refractivity contribution in [3.8, 4) is 0 Å². The second-order valence-electron chi connectivity index (χ2n) is 5.40. The van der Waals surface area contributed by atoms with E-state index in [-0.39, 0.29) is 29.1 Å². The number of nitrogens with zero attached hydrogens (tertiary/aromatic N) is 2. The first-order valence-electron chi connectivity index (χ1n) is 6.08. The Morgan fingerprint density at radius 2 is 2.12 bits per heavy atom. The molecular weight excluding hydrogens is 236 g/mol. The van der Waals surface area contributed by atoms with Crippen molar-refractivity contribution in [2.24, 2.45) is 0 Å². The zero-order chi connectivity index (χ0) is 12.6. The Balaban J connectivity index is 2.09. The highest BCUT2D eigenvalue weighted by Crippen LogP contribution is 2.27. The number of rotatable bonds is 3. The number of hydrogen-bond acceptors (Lipinski definition) is 3. The highest BCUT2D eigenvalue weighted by atomic mass is 32.2. The van der Waals surface area contributed by atoms with Crippen molar-refractivity contribution in [2.75, 3.05) is 25.9 Å². The lowest BCUT2D eigenvalue weighted by Crippen LogP contribution is -2.59. The summed E-state index contributed by atoms with van der Waals surface area (Å²) in [5.74, 6) is 0.258. The SMILES string of the molecule is CSC(C)(C)CN1CC(=O)N2CCCC2C1=O. The number of fused-ring (bicyclic) bond motifs is 1. The van der Waals surface area contributed by atoms with E-state index in [1.54, 1.807) is 21.6 Å². The maximum atomic E-state index is 12.3. The molecule has 2 aliphatic rings. The van der Waals surface area contributed by atoms with E-state index in [9.17, 15) is 9.59 Å². The van der Waals surface area contributed by atoms with Gasteiger partial charge >= 0.3 is 0 Å². The number of carbonyl (C=O) groups is 2. The molecule has 2 heterocycles. The third-order valence-electron chi connectivity index (χ3n) is 3.62. The smallest absolute Gasteiger partial charge is 0.245 e. The van der Waals surface area contributed by atoms with Gasteiger partial charge in [0.25, 0.3) is 0 Å². The summed E-state index contributed by atoms with van der Waals surface area (Å²) in [7, 11) is 0. The van der Waals surface area contributed by atoms with Crippen LogP contribution in [0.1, 0.15) is 26.7 Å². The number of thioether (sulfide) groups is 1. The topological polar surface area (TPSA) is 40.6 Å². The van der Waals surface area contributed by atoms with Crippen LogP contribution >= 0.6 is 11.8 Å². The molecule has 0 N–H and O–H groups in total. The molecule has 2 aliphatic heterocycles. The molecule has 2 rings (SSSR count). The van der Waals surface area contributed by atoms with Gasteiger partial charge in [0.05, 0.1) is 6.54 Å². The molecule has 0 spiro atoms. The minimum absolute atomic E-state index is 0.0106. The molecule has 5 heteroatoms. The molecule has 4 nitrogen and oxygen atoms in total. The second kappa shape index (κ2) is 4.52. The first kappa shape index (κ1) is 12.7. The van der Waals surface area contributed by atoms with E-state index in [2.05, 4.69) is 13.8 Å². The second-order valence-corrected chi connectivity index (χ2v) is 6.92. The lowest BCUT2D eigenvalue weighted by molar-refractivity contribution is -0.153. The Bertz CT molecular complexity index is 343. The van der Waals surface area contributed by atoms with Crippen LogP contribution in [-0.4, -0.2) is 58.3 Å². The highest BCUT2D eigenvalue weighted by Gasteiger charge is 2.42. The quantitative estimate of drug-likeness (QED) is 0.755. The summed E-state index contributed by atoms with van der Waals surface area (Å²) in [5, 5.41) is 0. The zero-order valence-electron chi connectivity index (χ0n) is 10.7. The van der Waals surface area contributed by atoms with Crippen molar-refractivity contribution in [2.45, 2.75) is 37.5 Å². The minimum atomic E-state index is -0.172. The van der Waals surface area contributed by atoms with Crippen molar-refractivity contribution in [1.82, 2.24) is 9.80 Å². The number of piperazine rings is 1. The van der Waals surface area contributed by atoms with Gasteiger partial charge in [-0.25, -0.2) is 0 Å². The van der Waals surface area contributed by atoms with Crippen molar-refractivity contribution < 1.29 is 9.59 Å². The van der Waals surface area contributed by atoms with Crippen LogP contribution in [-0.2, 0) is 9.59 Å². The van der Waals surface area contributed by atoms with Crippen LogP contribution in [0.15, 0.2) is 0 Å². The van der Waals surface area contributed by atoms with Gasteiger partial charge < -0.3 is 9.80 Å². The molecule has 0 radical (unpaired) electrons. The Labute approximate surface area is 107 Å². The molecule has 0 aromatic heterocycles. The predicted octanol–water partition coefficient (Wildman–Crippen LogP) is 0.961. The molecule has 0 aromatic rings. The van der Waals surface area contributed by atoms with Gasteiger partial charge in [-0.1, -0.05) is 0 Å². The van der Waals surface area contributed by atoms with Crippen LogP contribution in [0.5, 0.6) is 0 Å². The molecule has 2 fully saturated rings. The molecular formula is C12H20N2O2S. The monoisotopic (exact) mass is 256 g/mol. The molecule has 1 atom stereocenters. The van der Waals surface area contributed by atoms with E-state index in [1.807, 2.05) is 6.26 Å². The van der Waals surface area contributed by atoms with Gasteiger partial charge in [-0.2, -0.15) is 11.8 Å². The molecule has 2 amide bonds. The van der Waals surface area contributed by atoms with E-state index < -0.39 is 0 Å². The standard InChI is InChI=1S/C12H20N2O2S/c1-12(2,17-3)8-13-7-10(15)14-6-4-5-9(14)11(13)16/h9H,4-8H2,1-3H3. The summed E-state index contributed by atoms with van der Waals surface area (Å²) in [6, 6.07) is -0.172. The Hall–Kier alpha value is -0.710. The third-order valence-corrected chi connectivity index (χ3v) is 4.85. The molecule has 0 bridgehead atoms. The van der Waals surface area contributed by atoms with Gasteiger partial charge in [-0.15, -0.1) is 0 Å². The average molecular weight is 256 g/mol.